The van der Waals surface area contributed by atoms with Crippen molar-refractivity contribution in [1.29, 1.82) is 0 Å². The van der Waals surface area contributed by atoms with Crippen LogP contribution in [0.25, 0.3) is 0 Å². The quantitative estimate of drug-likeness (QED) is 0.848. The van der Waals surface area contributed by atoms with E-state index in [1.807, 2.05) is 0 Å². The summed E-state index contributed by atoms with van der Waals surface area (Å²) in [6.07, 6.45) is 4.61. The standard InChI is InChI=1S/C10H14IN3O/c1-10(2)8(3-4-15-10)14-9-12-5-7(11)6-13-9/h5-6,8H,3-4H2,1-2H3,(H,12,13,14). The number of hydrogen-bond donors (Lipinski definition) is 1. The number of ether oxygens (including phenoxy) is 1. The lowest BCUT2D eigenvalue weighted by molar-refractivity contribution is 0.0313. The van der Waals surface area contributed by atoms with E-state index in [1.165, 1.54) is 0 Å². The Morgan fingerprint density at radius 2 is 2.13 bits per heavy atom. The first kappa shape index (κ1) is 11.1. The Morgan fingerprint density at radius 1 is 1.47 bits per heavy atom. The fourth-order valence-electron chi connectivity index (χ4n) is 1.68. The first-order valence-corrected chi connectivity index (χ1v) is 6.04. The zero-order valence-corrected chi connectivity index (χ0v) is 11.0. The van der Waals surface area contributed by atoms with E-state index < -0.39 is 0 Å². The molecule has 82 valence electrons. The van der Waals surface area contributed by atoms with Crippen molar-refractivity contribution >= 4 is 28.5 Å². The summed E-state index contributed by atoms with van der Waals surface area (Å²) < 4.78 is 6.67. The molecule has 0 aliphatic carbocycles. The molecule has 15 heavy (non-hydrogen) atoms. The number of rotatable bonds is 2. The predicted molar refractivity (Wildman–Crippen MR) is 66.8 cm³/mol. The summed E-state index contributed by atoms with van der Waals surface area (Å²) in [5.74, 6) is 0.680. The van der Waals surface area contributed by atoms with Crippen molar-refractivity contribution in [3.05, 3.63) is 16.0 Å². The Bertz CT molecular complexity index is 339. The van der Waals surface area contributed by atoms with Crippen LogP contribution < -0.4 is 5.32 Å². The molecule has 0 amide bonds. The van der Waals surface area contributed by atoms with Gasteiger partial charge in [-0.3, -0.25) is 0 Å². The Balaban J connectivity index is 2.06. The maximum atomic E-state index is 5.63. The van der Waals surface area contributed by atoms with E-state index in [-0.39, 0.29) is 11.6 Å². The second-order valence-electron chi connectivity index (χ2n) is 4.16. The van der Waals surface area contributed by atoms with Crippen LogP contribution in [0.5, 0.6) is 0 Å². The molecule has 1 aromatic rings. The largest absolute Gasteiger partial charge is 0.373 e. The van der Waals surface area contributed by atoms with Gasteiger partial charge in [-0.25, -0.2) is 9.97 Å². The number of halogens is 1. The zero-order valence-electron chi connectivity index (χ0n) is 8.83. The lowest BCUT2D eigenvalue weighted by Gasteiger charge is -2.26. The Labute approximate surface area is 103 Å². The van der Waals surface area contributed by atoms with Crippen LogP contribution in [0, 0.1) is 3.57 Å². The molecule has 1 saturated heterocycles. The number of nitrogens with zero attached hydrogens (tertiary/aromatic N) is 2. The summed E-state index contributed by atoms with van der Waals surface area (Å²) in [7, 11) is 0. The van der Waals surface area contributed by atoms with Gasteiger partial charge in [0.25, 0.3) is 0 Å². The van der Waals surface area contributed by atoms with Gasteiger partial charge >= 0.3 is 0 Å². The SMILES string of the molecule is CC1(C)OCCC1Nc1ncc(I)cn1. The second-order valence-corrected chi connectivity index (χ2v) is 5.41. The highest BCUT2D eigenvalue weighted by Gasteiger charge is 2.36. The van der Waals surface area contributed by atoms with E-state index in [0.29, 0.717) is 5.95 Å². The molecule has 5 heteroatoms. The molecule has 2 rings (SSSR count). The van der Waals surface area contributed by atoms with Crippen molar-refractivity contribution < 1.29 is 4.74 Å². The van der Waals surface area contributed by atoms with Crippen LogP contribution >= 0.6 is 22.6 Å². The molecular weight excluding hydrogens is 305 g/mol. The van der Waals surface area contributed by atoms with E-state index in [2.05, 4.69) is 51.7 Å². The molecule has 1 unspecified atom stereocenters. The molecule has 2 heterocycles. The molecule has 0 saturated carbocycles. The van der Waals surface area contributed by atoms with Crippen molar-refractivity contribution in [3.8, 4) is 0 Å². The van der Waals surface area contributed by atoms with Crippen LogP contribution in [-0.4, -0.2) is 28.2 Å². The first-order valence-electron chi connectivity index (χ1n) is 4.96. The molecule has 1 aliphatic rings. The van der Waals surface area contributed by atoms with E-state index in [1.54, 1.807) is 12.4 Å². The lowest BCUT2D eigenvalue weighted by Crippen LogP contribution is -2.38. The first-order chi connectivity index (χ1) is 7.08. The van der Waals surface area contributed by atoms with E-state index in [9.17, 15) is 0 Å². The van der Waals surface area contributed by atoms with Gasteiger partial charge in [-0.1, -0.05) is 0 Å². The highest BCUT2D eigenvalue weighted by Crippen LogP contribution is 2.26. The molecular formula is C10H14IN3O. The number of hydrogen-bond acceptors (Lipinski definition) is 4. The van der Waals surface area contributed by atoms with Crippen LogP contribution in [0.3, 0.4) is 0 Å². The van der Waals surface area contributed by atoms with E-state index in [0.717, 1.165) is 16.6 Å². The minimum absolute atomic E-state index is 0.133. The summed E-state index contributed by atoms with van der Waals surface area (Å²) in [5, 5.41) is 3.31. The van der Waals surface area contributed by atoms with Gasteiger partial charge in [0.1, 0.15) is 0 Å². The highest BCUT2D eigenvalue weighted by atomic mass is 127. The molecule has 1 N–H and O–H groups in total. The molecule has 0 spiro atoms. The maximum absolute atomic E-state index is 5.63. The smallest absolute Gasteiger partial charge is 0.222 e. The molecule has 0 aromatic carbocycles. The lowest BCUT2D eigenvalue weighted by atomic mass is 9.99. The van der Waals surface area contributed by atoms with E-state index >= 15 is 0 Å². The third kappa shape index (κ3) is 2.57. The van der Waals surface area contributed by atoms with Gasteiger partial charge in [-0.05, 0) is 42.9 Å². The molecule has 1 atom stereocenters. The molecule has 4 nitrogen and oxygen atoms in total. The van der Waals surface area contributed by atoms with Gasteiger partial charge in [-0.15, -0.1) is 0 Å². The summed E-state index contributed by atoms with van der Waals surface area (Å²) in [6, 6.07) is 0.289. The van der Waals surface area contributed by atoms with Crippen molar-refractivity contribution in [1.82, 2.24) is 9.97 Å². The summed E-state index contributed by atoms with van der Waals surface area (Å²) in [5.41, 5.74) is -0.133. The van der Waals surface area contributed by atoms with Crippen LogP contribution in [-0.2, 0) is 4.74 Å². The summed E-state index contributed by atoms with van der Waals surface area (Å²) in [4.78, 5) is 8.44. The van der Waals surface area contributed by atoms with Gasteiger partial charge in [0, 0.05) is 22.6 Å². The van der Waals surface area contributed by atoms with Gasteiger partial charge in [0.15, 0.2) is 0 Å². The van der Waals surface area contributed by atoms with E-state index in [4.69, 9.17) is 4.74 Å². The average molecular weight is 319 g/mol. The van der Waals surface area contributed by atoms with Crippen LogP contribution in [0.4, 0.5) is 5.95 Å². The third-order valence-electron chi connectivity index (χ3n) is 2.64. The van der Waals surface area contributed by atoms with Gasteiger partial charge in [0.2, 0.25) is 5.95 Å². The van der Waals surface area contributed by atoms with Gasteiger partial charge in [-0.2, -0.15) is 0 Å². The number of aromatic nitrogens is 2. The van der Waals surface area contributed by atoms with Crippen LogP contribution in [0.1, 0.15) is 20.3 Å². The minimum Gasteiger partial charge on any atom is -0.373 e. The summed E-state index contributed by atoms with van der Waals surface area (Å²) >= 11 is 2.19. The van der Waals surface area contributed by atoms with Crippen LogP contribution in [0.15, 0.2) is 12.4 Å². The molecule has 1 aromatic heterocycles. The van der Waals surface area contributed by atoms with Crippen molar-refractivity contribution in [2.75, 3.05) is 11.9 Å². The molecule has 1 fully saturated rings. The topological polar surface area (TPSA) is 47.0 Å². The molecule has 1 aliphatic heterocycles. The monoisotopic (exact) mass is 319 g/mol. The Kier molecular flexibility index (Phi) is 3.11. The normalized spacial score (nSPS) is 24.1. The minimum atomic E-state index is -0.133. The fourth-order valence-corrected chi connectivity index (χ4v) is 1.96. The van der Waals surface area contributed by atoms with Crippen LogP contribution in [0.2, 0.25) is 0 Å². The summed E-state index contributed by atoms with van der Waals surface area (Å²) in [6.45, 7) is 4.98. The molecule has 0 radical (unpaired) electrons. The van der Waals surface area contributed by atoms with Crippen molar-refractivity contribution in [2.24, 2.45) is 0 Å². The number of anilines is 1. The second kappa shape index (κ2) is 4.21. The Hall–Kier alpha value is -0.430. The van der Waals surface area contributed by atoms with Crippen molar-refractivity contribution in [2.45, 2.75) is 31.9 Å². The van der Waals surface area contributed by atoms with Gasteiger partial charge in [0.05, 0.1) is 11.6 Å². The van der Waals surface area contributed by atoms with Gasteiger partial charge < -0.3 is 10.1 Å². The third-order valence-corrected chi connectivity index (χ3v) is 3.20. The highest BCUT2D eigenvalue weighted by molar-refractivity contribution is 14.1. The zero-order chi connectivity index (χ0) is 10.9. The molecule has 0 bridgehead atoms. The number of nitrogens with one attached hydrogen (secondary N) is 1. The predicted octanol–water partition coefficient (Wildman–Crippen LogP) is 2.06. The Morgan fingerprint density at radius 3 is 2.67 bits per heavy atom. The maximum Gasteiger partial charge on any atom is 0.222 e. The van der Waals surface area contributed by atoms with Crippen molar-refractivity contribution in [3.63, 3.8) is 0 Å². The fraction of sp³-hybridized carbons (Fsp3) is 0.600. The average Bonchev–Trinajstić information content (AvgIpc) is 2.50.